The van der Waals surface area contributed by atoms with Gasteiger partial charge >= 0.3 is 7.12 Å². The van der Waals surface area contributed by atoms with Crippen LogP contribution >= 0.6 is 0 Å². The van der Waals surface area contributed by atoms with Crippen LogP contribution in [-0.4, -0.2) is 32.9 Å². The molecule has 1 aromatic rings. The Balaban J connectivity index is 1.89. The van der Waals surface area contributed by atoms with E-state index in [9.17, 15) is 8.78 Å². The molecule has 1 fully saturated rings. The van der Waals surface area contributed by atoms with Crippen LogP contribution in [0.1, 0.15) is 12.8 Å². The van der Waals surface area contributed by atoms with Gasteiger partial charge in [0.05, 0.1) is 0 Å². The normalized spacial score (nSPS) is 20.0. The van der Waals surface area contributed by atoms with Crippen LogP contribution in [-0.2, 0) is 6.54 Å². The summed E-state index contributed by atoms with van der Waals surface area (Å²) < 4.78 is 26.5. The summed E-state index contributed by atoms with van der Waals surface area (Å²) in [4.78, 5) is 0. The molecule has 1 aliphatic carbocycles. The number of aromatic nitrogens is 2. The predicted octanol–water partition coefficient (Wildman–Crippen LogP) is -0.392. The first-order valence-electron chi connectivity index (χ1n) is 4.72. The smallest absolute Gasteiger partial charge is 0.423 e. The highest BCUT2D eigenvalue weighted by Crippen LogP contribution is 2.42. The number of hydrogen-bond donors (Lipinski definition) is 2. The van der Waals surface area contributed by atoms with Crippen LogP contribution in [0.2, 0.25) is 0 Å². The van der Waals surface area contributed by atoms with Crippen molar-refractivity contribution in [3.8, 4) is 0 Å². The van der Waals surface area contributed by atoms with E-state index in [1.807, 2.05) is 0 Å². The SMILES string of the molecule is OB(O)c1cnn(CC2CC(F)(F)C2)c1. The van der Waals surface area contributed by atoms with Crippen LogP contribution < -0.4 is 5.46 Å². The lowest BCUT2D eigenvalue weighted by Crippen LogP contribution is -2.37. The van der Waals surface area contributed by atoms with E-state index < -0.39 is 13.0 Å². The summed E-state index contributed by atoms with van der Waals surface area (Å²) in [5.41, 5.74) is 0.279. The van der Waals surface area contributed by atoms with Crippen molar-refractivity contribution in [1.82, 2.24) is 9.78 Å². The van der Waals surface area contributed by atoms with E-state index in [2.05, 4.69) is 5.10 Å². The van der Waals surface area contributed by atoms with Gasteiger partial charge in [-0.25, -0.2) is 8.78 Å². The predicted molar refractivity (Wildman–Crippen MR) is 49.7 cm³/mol. The van der Waals surface area contributed by atoms with Crippen LogP contribution in [0.4, 0.5) is 8.78 Å². The molecule has 7 heteroatoms. The van der Waals surface area contributed by atoms with Crippen molar-refractivity contribution in [2.45, 2.75) is 25.3 Å². The number of nitrogens with zero attached hydrogens (tertiary/aromatic N) is 2. The van der Waals surface area contributed by atoms with Crippen molar-refractivity contribution in [3.63, 3.8) is 0 Å². The fourth-order valence-electron chi connectivity index (χ4n) is 1.79. The molecule has 0 spiro atoms. The average Bonchev–Trinajstić information content (AvgIpc) is 2.49. The molecule has 1 heterocycles. The molecule has 0 aromatic carbocycles. The van der Waals surface area contributed by atoms with Gasteiger partial charge in [-0.05, 0) is 5.92 Å². The molecule has 1 saturated carbocycles. The van der Waals surface area contributed by atoms with Gasteiger partial charge in [0.15, 0.2) is 0 Å². The van der Waals surface area contributed by atoms with Crippen molar-refractivity contribution in [1.29, 1.82) is 0 Å². The van der Waals surface area contributed by atoms with Crippen molar-refractivity contribution < 1.29 is 18.8 Å². The lowest BCUT2D eigenvalue weighted by atomic mass is 9.81. The second kappa shape index (κ2) is 3.57. The second-order valence-corrected chi connectivity index (χ2v) is 4.00. The molecule has 0 atom stereocenters. The van der Waals surface area contributed by atoms with E-state index in [0.717, 1.165) is 0 Å². The van der Waals surface area contributed by atoms with Gasteiger partial charge in [-0.2, -0.15) is 5.10 Å². The van der Waals surface area contributed by atoms with E-state index in [1.54, 1.807) is 0 Å². The molecule has 0 amide bonds. The Bertz CT molecular complexity index is 348. The summed E-state index contributed by atoms with van der Waals surface area (Å²) in [6, 6.07) is 0. The summed E-state index contributed by atoms with van der Waals surface area (Å²) in [5, 5.41) is 21.5. The van der Waals surface area contributed by atoms with Gasteiger partial charge in [0.2, 0.25) is 5.92 Å². The highest BCUT2D eigenvalue weighted by Gasteiger charge is 2.45. The Kier molecular flexibility index (Phi) is 2.51. The zero-order chi connectivity index (χ0) is 11.1. The minimum Gasteiger partial charge on any atom is -0.423 e. The Morgan fingerprint density at radius 1 is 1.53 bits per heavy atom. The first kappa shape index (κ1) is 10.6. The summed E-state index contributed by atoms with van der Waals surface area (Å²) in [7, 11) is -1.55. The zero-order valence-electron chi connectivity index (χ0n) is 7.98. The lowest BCUT2D eigenvalue weighted by Gasteiger charge is -2.34. The zero-order valence-corrected chi connectivity index (χ0v) is 7.98. The quantitative estimate of drug-likeness (QED) is 0.676. The van der Waals surface area contributed by atoms with E-state index in [1.165, 1.54) is 17.1 Å². The van der Waals surface area contributed by atoms with Gasteiger partial charge in [-0.1, -0.05) is 0 Å². The first-order valence-corrected chi connectivity index (χ1v) is 4.72. The second-order valence-electron chi connectivity index (χ2n) is 4.00. The number of alkyl halides is 2. The summed E-state index contributed by atoms with van der Waals surface area (Å²) in [6.07, 6.45) is 2.57. The molecule has 82 valence electrons. The van der Waals surface area contributed by atoms with Crippen LogP contribution in [0.15, 0.2) is 12.4 Å². The van der Waals surface area contributed by atoms with Gasteiger partial charge in [-0.3, -0.25) is 4.68 Å². The fourth-order valence-corrected chi connectivity index (χ4v) is 1.79. The molecule has 1 aliphatic rings. The van der Waals surface area contributed by atoms with Gasteiger partial charge in [0, 0.05) is 37.2 Å². The molecular formula is C8H11BF2N2O2. The third-order valence-electron chi connectivity index (χ3n) is 2.57. The lowest BCUT2D eigenvalue weighted by molar-refractivity contribution is -0.114. The van der Waals surface area contributed by atoms with E-state index in [-0.39, 0.29) is 24.2 Å². The van der Waals surface area contributed by atoms with Gasteiger partial charge in [0.25, 0.3) is 0 Å². The van der Waals surface area contributed by atoms with Crippen molar-refractivity contribution >= 4 is 12.6 Å². The van der Waals surface area contributed by atoms with Gasteiger partial charge < -0.3 is 10.0 Å². The molecule has 0 radical (unpaired) electrons. The maximum Gasteiger partial charge on any atom is 0.491 e. The standard InChI is InChI=1S/C8H11BF2N2O2/c10-8(11)1-6(2-8)4-13-5-7(3-12-13)9(14)15/h3,5-6,14-15H,1-2,4H2. The molecule has 0 aliphatic heterocycles. The fraction of sp³-hybridized carbons (Fsp3) is 0.625. The van der Waals surface area contributed by atoms with Crippen LogP contribution in [0, 0.1) is 5.92 Å². The molecule has 2 rings (SSSR count). The van der Waals surface area contributed by atoms with E-state index >= 15 is 0 Å². The molecule has 0 unspecified atom stereocenters. The van der Waals surface area contributed by atoms with E-state index in [4.69, 9.17) is 10.0 Å². The highest BCUT2D eigenvalue weighted by molar-refractivity contribution is 6.58. The van der Waals surface area contributed by atoms with Crippen LogP contribution in [0.25, 0.3) is 0 Å². The maximum absolute atomic E-state index is 12.5. The molecule has 2 N–H and O–H groups in total. The van der Waals surface area contributed by atoms with Crippen molar-refractivity contribution in [2.24, 2.45) is 5.92 Å². The maximum atomic E-state index is 12.5. The highest BCUT2D eigenvalue weighted by atomic mass is 19.3. The molecular weight excluding hydrogens is 205 g/mol. The molecule has 0 bridgehead atoms. The first-order chi connectivity index (χ1) is 6.96. The van der Waals surface area contributed by atoms with Gasteiger partial charge in [-0.15, -0.1) is 0 Å². The van der Waals surface area contributed by atoms with Crippen LogP contribution in [0.5, 0.6) is 0 Å². The summed E-state index contributed by atoms with van der Waals surface area (Å²) >= 11 is 0. The molecule has 1 aromatic heterocycles. The number of hydrogen-bond acceptors (Lipinski definition) is 3. The largest absolute Gasteiger partial charge is 0.491 e. The average molecular weight is 216 g/mol. The van der Waals surface area contributed by atoms with Crippen molar-refractivity contribution in [3.05, 3.63) is 12.4 Å². The molecule has 4 nitrogen and oxygen atoms in total. The van der Waals surface area contributed by atoms with Crippen molar-refractivity contribution in [2.75, 3.05) is 0 Å². The minimum atomic E-state index is -2.52. The Hall–Kier alpha value is -0.945. The third-order valence-corrected chi connectivity index (χ3v) is 2.57. The Labute approximate surface area is 85.7 Å². The topological polar surface area (TPSA) is 58.3 Å². The van der Waals surface area contributed by atoms with Crippen LogP contribution in [0.3, 0.4) is 0 Å². The number of halogens is 2. The number of rotatable bonds is 3. The molecule has 0 saturated heterocycles. The van der Waals surface area contributed by atoms with E-state index in [0.29, 0.717) is 6.54 Å². The summed E-state index contributed by atoms with van der Waals surface area (Å²) in [5.74, 6) is -2.58. The van der Waals surface area contributed by atoms with Gasteiger partial charge in [0.1, 0.15) is 0 Å². The monoisotopic (exact) mass is 216 g/mol. The Morgan fingerprint density at radius 3 is 2.67 bits per heavy atom. The Morgan fingerprint density at radius 2 is 2.20 bits per heavy atom. The summed E-state index contributed by atoms with van der Waals surface area (Å²) in [6.45, 7) is 0.405. The molecule has 15 heavy (non-hydrogen) atoms. The third kappa shape index (κ3) is 2.35. The minimum absolute atomic E-state index is 0.0661.